The molecule has 0 aliphatic rings. The number of pyridine rings is 1. The number of fused-ring (bicyclic) bond motifs is 1. The third-order valence-corrected chi connectivity index (χ3v) is 2.05. The number of aromatic amines is 1. The second-order valence-electron chi connectivity index (χ2n) is 3.42. The quantitative estimate of drug-likeness (QED) is 0.723. The highest BCUT2D eigenvalue weighted by atomic mass is 16.1. The van der Waals surface area contributed by atoms with Crippen LogP contribution >= 0.6 is 0 Å². The van der Waals surface area contributed by atoms with E-state index in [0.29, 0.717) is 16.8 Å². The van der Waals surface area contributed by atoms with Gasteiger partial charge in [-0.3, -0.25) is 9.78 Å². The molecule has 0 spiro atoms. The molecule has 5 nitrogen and oxygen atoms in total. The maximum absolute atomic E-state index is 11.4. The summed E-state index contributed by atoms with van der Waals surface area (Å²) in [5, 5.41) is 10.1. The lowest BCUT2D eigenvalue weighted by molar-refractivity contribution is 0.819. The summed E-state index contributed by atoms with van der Waals surface area (Å²) in [5.41, 5.74) is 1.19. The minimum Gasteiger partial charge on any atom is -0.267 e. The maximum atomic E-state index is 11.4. The van der Waals surface area contributed by atoms with Crippen molar-refractivity contribution in [2.45, 2.75) is 19.8 Å². The molecule has 5 heteroatoms. The second kappa shape index (κ2) is 3.17. The van der Waals surface area contributed by atoms with E-state index in [1.165, 1.54) is 0 Å². The van der Waals surface area contributed by atoms with Gasteiger partial charge in [-0.25, -0.2) is 5.10 Å². The molecule has 0 saturated carbocycles. The zero-order valence-corrected chi connectivity index (χ0v) is 7.98. The lowest BCUT2D eigenvalue weighted by Crippen LogP contribution is -2.10. The van der Waals surface area contributed by atoms with E-state index in [-0.39, 0.29) is 5.56 Å². The van der Waals surface area contributed by atoms with Crippen LogP contribution in [0.4, 0.5) is 0 Å². The molecular formula is C9H10N4O. The van der Waals surface area contributed by atoms with Crippen LogP contribution in [0.15, 0.2) is 17.1 Å². The highest BCUT2D eigenvalue weighted by Gasteiger charge is 2.05. The Hall–Kier alpha value is -1.78. The summed E-state index contributed by atoms with van der Waals surface area (Å²) in [5.74, 6) is 0.298. The number of hydrogen-bond donors (Lipinski definition) is 1. The van der Waals surface area contributed by atoms with Crippen molar-refractivity contribution in [3.8, 4) is 0 Å². The van der Waals surface area contributed by atoms with Crippen LogP contribution in [0.2, 0.25) is 0 Å². The van der Waals surface area contributed by atoms with Crippen molar-refractivity contribution in [2.75, 3.05) is 0 Å². The first-order valence-electron chi connectivity index (χ1n) is 4.39. The van der Waals surface area contributed by atoms with Crippen LogP contribution in [0.3, 0.4) is 0 Å². The van der Waals surface area contributed by atoms with E-state index in [4.69, 9.17) is 0 Å². The van der Waals surface area contributed by atoms with Crippen LogP contribution in [0.25, 0.3) is 10.9 Å². The molecule has 0 fully saturated rings. The summed E-state index contributed by atoms with van der Waals surface area (Å²) in [6, 6.07) is 1.76. The van der Waals surface area contributed by atoms with Gasteiger partial charge in [0.05, 0.1) is 11.6 Å². The molecule has 2 aromatic rings. The summed E-state index contributed by atoms with van der Waals surface area (Å²) in [6.45, 7) is 4.05. The zero-order valence-electron chi connectivity index (χ0n) is 7.98. The fourth-order valence-electron chi connectivity index (χ4n) is 1.23. The van der Waals surface area contributed by atoms with Gasteiger partial charge in [0.15, 0.2) is 0 Å². The first-order chi connectivity index (χ1) is 6.68. The van der Waals surface area contributed by atoms with E-state index >= 15 is 0 Å². The number of nitrogens with zero attached hydrogens (tertiary/aromatic N) is 3. The lowest BCUT2D eigenvalue weighted by Gasteiger charge is -2.03. The van der Waals surface area contributed by atoms with Crippen molar-refractivity contribution >= 4 is 10.9 Å². The SMILES string of the molecule is CC(C)c1cc2c(=O)[nH]nnc2cn1. The molecule has 0 amide bonds. The molecule has 0 aromatic carbocycles. The van der Waals surface area contributed by atoms with Gasteiger partial charge in [-0.2, -0.15) is 0 Å². The molecule has 0 bridgehead atoms. The van der Waals surface area contributed by atoms with Crippen molar-refractivity contribution in [1.29, 1.82) is 0 Å². The van der Waals surface area contributed by atoms with E-state index in [1.807, 2.05) is 13.8 Å². The summed E-state index contributed by atoms with van der Waals surface area (Å²) in [6.07, 6.45) is 1.58. The molecule has 1 N–H and O–H groups in total. The van der Waals surface area contributed by atoms with E-state index in [0.717, 1.165) is 5.69 Å². The van der Waals surface area contributed by atoms with Gasteiger partial charge in [0, 0.05) is 5.69 Å². The zero-order chi connectivity index (χ0) is 10.1. The fourth-order valence-corrected chi connectivity index (χ4v) is 1.23. The molecule has 0 aliphatic carbocycles. The van der Waals surface area contributed by atoms with Gasteiger partial charge < -0.3 is 0 Å². The number of hydrogen-bond acceptors (Lipinski definition) is 4. The minimum atomic E-state index is -0.223. The Morgan fingerprint density at radius 2 is 2.21 bits per heavy atom. The highest BCUT2D eigenvalue weighted by molar-refractivity contribution is 5.76. The molecule has 2 rings (SSSR count). The van der Waals surface area contributed by atoms with Crippen LogP contribution < -0.4 is 5.56 Å². The first-order valence-corrected chi connectivity index (χ1v) is 4.39. The molecule has 14 heavy (non-hydrogen) atoms. The molecule has 0 atom stereocenters. The Balaban J connectivity index is 2.76. The van der Waals surface area contributed by atoms with Gasteiger partial charge in [0.25, 0.3) is 5.56 Å². The third kappa shape index (κ3) is 1.37. The van der Waals surface area contributed by atoms with Crippen LogP contribution in [-0.4, -0.2) is 20.4 Å². The second-order valence-corrected chi connectivity index (χ2v) is 3.42. The van der Waals surface area contributed by atoms with Crippen molar-refractivity contribution in [3.63, 3.8) is 0 Å². The first kappa shape index (κ1) is 8.80. The molecule has 0 radical (unpaired) electrons. The van der Waals surface area contributed by atoms with Gasteiger partial charge in [0.1, 0.15) is 5.52 Å². The summed E-state index contributed by atoms with van der Waals surface area (Å²) in [4.78, 5) is 15.6. The highest BCUT2D eigenvalue weighted by Crippen LogP contribution is 2.13. The lowest BCUT2D eigenvalue weighted by atomic mass is 10.1. The van der Waals surface area contributed by atoms with E-state index in [2.05, 4.69) is 20.4 Å². The van der Waals surface area contributed by atoms with E-state index in [1.54, 1.807) is 12.3 Å². The summed E-state index contributed by atoms with van der Waals surface area (Å²) >= 11 is 0. The molecule has 2 aromatic heterocycles. The van der Waals surface area contributed by atoms with Gasteiger partial charge >= 0.3 is 0 Å². The normalized spacial score (nSPS) is 11.1. The van der Waals surface area contributed by atoms with Gasteiger partial charge in [-0.05, 0) is 12.0 Å². The van der Waals surface area contributed by atoms with Crippen molar-refractivity contribution in [1.82, 2.24) is 20.4 Å². The standard InChI is InChI=1S/C9H10N4O/c1-5(2)7-3-6-8(4-10-7)11-13-12-9(6)14/h3-5H,1-2H3,(H,11,12,14). The van der Waals surface area contributed by atoms with E-state index in [9.17, 15) is 4.79 Å². The van der Waals surface area contributed by atoms with Gasteiger partial charge in [0.2, 0.25) is 0 Å². The fraction of sp³-hybridized carbons (Fsp3) is 0.333. The van der Waals surface area contributed by atoms with Gasteiger partial charge in [-0.15, -0.1) is 5.10 Å². The average Bonchev–Trinajstić information content (AvgIpc) is 2.18. The Morgan fingerprint density at radius 1 is 1.43 bits per heavy atom. The number of aromatic nitrogens is 4. The predicted molar refractivity (Wildman–Crippen MR) is 52.0 cm³/mol. The summed E-state index contributed by atoms with van der Waals surface area (Å²) < 4.78 is 0. The number of nitrogens with one attached hydrogen (secondary N) is 1. The van der Waals surface area contributed by atoms with Crippen molar-refractivity contribution < 1.29 is 0 Å². The Kier molecular flexibility index (Phi) is 1.99. The van der Waals surface area contributed by atoms with Crippen LogP contribution in [0, 0.1) is 0 Å². The van der Waals surface area contributed by atoms with Crippen LogP contribution in [0.5, 0.6) is 0 Å². The largest absolute Gasteiger partial charge is 0.275 e. The number of rotatable bonds is 1. The molecule has 72 valence electrons. The molecule has 0 aliphatic heterocycles. The van der Waals surface area contributed by atoms with Crippen LogP contribution in [-0.2, 0) is 0 Å². The average molecular weight is 190 g/mol. The minimum absolute atomic E-state index is 0.223. The van der Waals surface area contributed by atoms with E-state index < -0.39 is 0 Å². The number of H-pyrrole nitrogens is 1. The smallest absolute Gasteiger partial charge is 0.267 e. The topological polar surface area (TPSA) is 71.5 Å². The Morgan fingerprint density at radius 3 is 2.93 bits per heavy atom. The summed E-state index contributed by atoms with van der Waals surface area (Å²) in [7, 11) is 0. The third-order valence-electron chi connectivity index (χ3n) is 2.05. The van der Waals surface area contributed by atoms with Crippen molar-refractivity contribution in [2.24, 2.45) is 0 Å². The molecule has 0 unspecified atom stereocenters. The Labute approximate surface area is 80.2 Å². The monoisotopic (exact) mass is 190 g/mol. The predicted octanol–water partition coefficient (Wildman–Crippen LogP) is 0.836. The Bertz CT molecular complexity index is 517. The molecule has 2 heterocycles. The van der Waals surface area contributed by atoms with Gasteiger partial charge in [-0.1, -0.05) is 19.1 Å². The van der Waals surface area contributed by atoms with Crippen LogP contribution in [0.1, 0.15) is 25.5 Å². The van der Waals surface area contributed by atoms with Crippen molar-refractivity contribution in [3.05, 3.63) is 28.3 Å². The molecule has 0 saturated heterocycles. The molecular weight excluding hydrogens is 180 g/mol. The maximum Gasteiger partial charge on any atom is 0.275 e.